The van der Waals surface area contributed by atoms with Crippen molar-refractivity contribution in [2.24, 2.45) is 0 Å². The second kappa shape index (κ2) is 7.66. The van der Waals surface area contributed by atoms with Gasteiger partial charge in [0, 0.05) is 6.54 Å². The fourth-order valence-corrected chi connectivity index (χ4v) is 2.89. The van der Waals surface area contributed by atoms with Gasteiger partial charge in [-0.1, -0.05) is 37.3 Å². The molecule has 2 rings (SSSR count). The quantitative estimate of drug-likeness (QED) is 0.755. The zero-order valence-electron chi connectivity index (χ0n) is 12.3. The fourth-order valence-electron chi connectivity index (χ4n) is 2.89. The molecule has 1 saturated heterocycles. The Hall–Kier alpha value is -0.860. The predicted molar refractivity (Wildman–Crippen MR) is 80.5 cm³/mol. The van der Waals surface area contributed by atoms with Crippen LogP contribution in [0.4, 0.5) is 0 Å². The second-order valence-corrected chi connectivity index (χ2v) is 5.69. The van der Waals surface area contributed by atoms with Crippen molar-refractivity contribution in [3.63, 3.8) is 0 Å². The van der Waals surface area contributed by atoms with Crippen molar-refractivity contribution in [1.29, 1.82) is 0 Å². The topological polar surface area (TPSA) is 21.3 Å². The maximum Gasteiger partial charge on any atom is 0.0586 e. The van der Waals surface area contributed by atoms with Crippen molar-refractivity contribution in [1.82, 2.24) is 5.32 Å². The van der Waals surface area contributed by atoms with Crippen molar-refractivity contribution >= 4 is 0 Å². The molecular formula is C17H27NO. The van der Waals surface area contributed by atoms with E-state index in [1.165, 1.54) is 24.8 Å². The molecule has 0 radical (unpaired) electrons. The normalized spacial score (nSPS) is 24.5. The van der Waals surface area contributed by atoms with Crippen LogP contribution in [0.15, 0.2) is 30.3 Å². The zero-order valence-corrected chi connectivity index (χ0v) is 12.3. The minimum absolute atomic E-state index is 0.448. The van der Waals surface area contributed by atoms with E-state index in [0.29, 0.717) is 18.1 Å². The first-order valence-electron chi connectivity index (χ1n) is 7.70. The first kappa shape index (κ1) is 14.5. The van der Waals surface area contributed by atoms with Crippen LogP contribution < -0.4 is 5.32 Å². The molecule has 1 fully saturated rings. The van der Waals surface area contributed by atoms with Crippen LogP contribution in [-0.4, -0.2) is 25.3 Å². The van der Waals surface area contributed by atoms with Crippen LogP contribution in [0.2, 0.25) is 0 Å². The van der Waals surface area contributed by atoms with Gasteiger partial charge in [-0.25, -0.2) is 0 Å². The fraction of sp³-hybridized carbons (Fsp3) is 0.647. The molecule has 3 unspecified atom stereocenters. The lowest BCUT2D eigenvalue weighted by Crippen LogP contribution is -2.25. The molecule has 3 atom stereocenters. The van der Waals surface area contributed by atoms with E-state index in [2.05, 4.69) is 49.5 Å². The molecule has 1 aromatic rings. The summed E-state index contributed by atoms with van der Waals surface area (Å²) in [5.74, 6) is 0.572. The first-order valence-corrected chi connectivity index (χ1v) is 7.70. The number of rotatable bonds is 7. The van der Waals surface area contributed by atoms with E-state index < -0.39 is 0 Å². The van der Waals surface area contributed by atoms with Gasteiger partial charge < -0.3 is 10.1 Å². The summed E-state index contributed by atoms with van der Waals surface area (Å²) in [5.41, 5.74) is 1.44. The summed E-state index contributed by atoms with van der Waals surface area (Å²) >= 11 is 0. The van der Waals surface area contributed by atoms with Crippen molar-refractivity contribution < 1.29 is 4.74 Å². The molecule has 1 N–H and O–H groups in total. The molecule has 0 aromatic heterocycles. The third kappa shape index (κ3) is 4.63. The molecule has 106 valence electrons. The number of nitrogens with one attached hydrogen (secondary N) is 1. The molecule has 0 spiro atoms. The highest BCUT2D eigenvalue weighted by Gasteiger charge is 2.25. The lowest BCUT2D eigenvalue weighted by atomic mass is 9.92. The number of hydrogen-bond donors (Lipinski definition) is 1. The Morgan fingerprint density at radius 3 is 2.68 bits per heavy atom. The van der Waals surface area contributed by atoms with E-state index in [1.54, 1.807) is 0 Å². The van der Waals surface area contributed by atoms with Gasteiger partial charge >= 0.3 is 0 Å². The summed E-state index contributed by atoms with van der Waals surface area (Å²) < 4.78 is 5.99. The van der Waals surface area contributed by atoms with Crippen molar-refractivity contribution in [3.05, 3.63) is 35.9 Å². The smallest absolute Gasteiger partial charge is 0.0586 e. The Labute approximate surface area is 117 Å². The van der Waals surface area contributed by atoms with E-state index in [1.807, 2.05) is 0 Å². The van der Waals surface area contributed by atoms with Crippen LogP contribution in [0.3, 0.4) is 0 Å². The van der Waals surface area contributed by atoms with Gasteiger partial charge in [0.05, 0.1) is 12.2 Å². The molecule has 0 aliphatic carbocycles. The zero-order chi connectivity index (χ0) is 13.5. The van der Waals surface area contributed by atoms with Crippen LogP contribution in [0.1, 0.15) is 51.0 Å². The summed E-state index contributed by atoms with van der Waals surface area (Å²) in [6, 6.07) is 10.9. The Morgan fingerprint density at radius 1 is 1.26 bits per heavy atom. The third-order valence-corrected chi connectivity index (χ3v) is 3.96. The van der Waals surface area contributed by atoms with Gasteiger partial charge in [-0.2, -0.15) is 0 Å². The summed E-state index contributed by atoms with van der Waals surface area (Å²) in [5, 5.41) is 3.56. The van der Waals surface area contributed by atoms with Crippen molar-refractivity contribution in [2.75, 3.05) is 13.1 Å². The Kier molecular flexibility index (Phi) is 5.87. The van der Waals surface area contributed by atoms with E-state index in [-0.39, 0.29) is 0 Å². The highest BCUT2D eigenvalue weighted by atomic mass is 16.5. The van der Waals surface area contributed by atoms with Gasteiger partial charge in [-0.05, 0) is 50.6 Å². The van der Waals surface area contributed by atoms with E-state index in [0.717, 1.165) is 19.5 Å². The van der Waals surface area contributed by atoms with Crippen LogP contribution in [0.25, 0.3) is 0 Å². The average Bonchev–Trinajstić information content (AvgIpc) is 2.84. The lowest BCUT2D eigenvalue weighted by molar-refractivity contribution is 0.0466. The van der Waals surface area contributed by atoms with Gasteiger partial charge in [-0.3, -0.25) is 0 Å². The second-order valence-electron chi connectivity index (χ2n) is 5.69. The highest BCUT2D eigenvalue weighted by molar-refractivity contribution is 5.20. The van der Waals surface area contributed by atoms with Gasteiger partial charge in [0.15, 0.2) is 0 Å². The highest BCUT2D eigenvalue weighted by Crippen LogP contribution is 2.29. The minimum Gasteiger partial charge on any atom is -0.375 e. The SMILES string of the molecule is CCCNCC(CC1CCC(C)O1)c1ccccc1. The molecule has 0 saturated carbocycles. The Balaban J connectivity index is 1.93. The monoisotopic (exact) mass is 261 g/mol. The summed E-state index contributed by atoms with van der Waals surface area (Å²) in [7, 11) is 0. The first-order chi connectivity index (χ1) is 9.29. The van der Waals surface area contributed by atoms with Gasteiger partial charge in [-0.15, -0.1) is 0 Å². The summed E-state index contributed by atoms with van der Waals surface area (Å²) in [6.07, 6.45) is 5.67. The lowest BCUT2D eigenvalue weighted by Gasteiger charge is -2.22. The van der Waals surface area contributed by atoms with Gasteiger partial charge in [0.25, 0.3) is 0 Å². The number of hydrogen-bond acceptors (Lipinski definition) is 2. The molecular weight excluding hydrogens is 234 g/mol. The van der Waals surface area contributed by atoms with E-state index >= 15 is 0 Å². The average molecular weight is 261 g/mol. The minimum atomic E-state index is 0.448. The molecule has 0 bridgehead atoms. The maximum absolute atomic E-state index is 5.99. The van der Waals surface area contributed by atoms with Crippen molar-refractivity contribution in [3.8, 4) is 0 Å². The molecule has 2 nitrogen and oxygen atoms in total. The number of benzene rings is 1. The van der Waals surface area contributed by atoms with Gasteiger partial charge in [0.1, 0.15) is 0 Å². The van der Waals surface area contributed by atoms with E-state index in [9.17, 15) is 0 Å². The molecule has 19 heavy (non-hydrogen) atoms. The molecule has 0 amide bonds. The summed E-state index contributed by atoms with van der Waals surface area (Å²) in [6.45, 7) is 6.57. The standard InChI is InChI=1S/C17H27NO/c1-3-11-18-13-16(15-7-5-4-6-8-15)12-17-10-9-14(2)19-17/h4-8,14,16-18H,3,9-13H2,1-2H3. The Morgan fingerprint density at radius 2 is 2.05 bits per heavy atom. The predicted octanol–water partition coefficient (Wildman–Crippen LogP) is 3.73. The third-order valence-electron chi connectivity index (χ3n) is 3.96. The molecule has 2 heteroatoms. The number of ether oxygens (including phenoxy) is 1. The van der Waals surface area contributed by atoms with Crippen LogP contribution in [-0.2, 0) is 4.74 Å². The molecule has 1 aliphatic rings. The van der Waals surface area contributed by atoms with Crippen LogP contribution >= 0.6 is 0 Å². The van der Waals surface area contributed by atoms with Crippen LogP contribution in [0, 0.1) is 0 Å². The molecule has 1 aliphatic heterocycles. The van der Waals surface area contributed by atoms with E-state index in [4.69, 9.17) is 4.74 Å². The Bertz CT molecular complexity index is 352. The largest absolute Gasteiger partial charge is 0.375 e. The molecule has 1 heterocycles. The summed E-state index contributed by atoms with van der Waals surface area (Å²) in [4.78, 5) is 0. The van der Waals surface area contributed by atoms with Crippen molar-refractivity contribution in [2.45, 2.75) is 57.7 Å². The van der Waals surface area contributed by atoms with Crippen LogP contribution in [0.5, 0.6) is 0 Å². The maximum atomic E-state index is 5.99. The molecule has 1 aromatic carbocycles. The van der Waals surface area contributed by atoms with Gasteiger partial charge in [0.2, 0.25) is 0 Å².